The number of amides is 1. The summed E-state index contributed by atoms with van der Waals surface area (Å²) in [7, 11) is 0. The molecule has 69 heavy (non-hydrogen) atoms. The van der Waals surface area contributed by atoms with E-state index >= 15 is 0 Å². The lowest BCUT2D eigenvalue weighted by Gasteiger charge is -2.22. The molecule has 2 unspecified atom stereocenters. The first-order chi connectivity index (χ1) is 34.0. The highest BCUT2D eigenvalue weighted by Crippen LogP contribution is 2.17. The van der Waals surface area contributed by atoms with Gasteiger partial charge in [0.15, 0.2) is 0 Å². The molecule has 0 aromatic heterocycles. The Balaban J connectivity index is 3.47. The lowest BCUT2D eigenvalue weighted by Crippen LogP contribution is -2.45. The zero-order chi connectivity index (χ0) is 50.0. The molecule has 0 aromatic rings. The van der Waals surface area contributed by atoms with Crippen LogP contribution in [0.5, 0.6) is 0 Å². The van der Waals surface area contributed by atoms with E-state index in [1.807, 2.05) is 0 Å². The third-order valence-corrected chi connectivity index (χ3v) is 14.2. The predicted octanol–water partition coefficient (Wildman–Crippen LogP) is 19.2. The van der Waals surface area contributed by atoms with Gasteiger partial charge >= 0.3 is 5.97 Å². The van der Waals surface area contributed by atoms with Crippen LogP contribution in [0.4, 0.5) is 0 Å². The van der Waals surface area contributed by atoms with Gasteiger partial charge in [-0.2, -0.15) is 0 Å². The van der Waals surface area contributed by atoms with Crippen molar-refractivity contribution >= 4 is 11.9 Å². The Bertz CT molecular complexity index is 1120. The molecule has 0 aliphatic rings. The average Bonchev–Trinajstić information content (AvgIpc) is 3.35. The molecule has 0 aliphatic carbocycles. The highest BCUT2D eigenvalue weighted by molar-refractivity contribution is 5.76. The summed E-state index contributed by atoms with van der Waals surface area (Å²) in [5.41, 5.74) is 0. The molecule has 0 heterocycles. The van der Waals surface area contributed by atoms with Crippen molar-refractivity contribution in [2.75, 3.05) is 13.2 Å². The number of ether oxygens (including phenoxy) is 1. The van der Waals surface area contributed by atoms with Crippen molar-refractivity contribution in [3.05, 3.63) is 36.5 Å². The van der Waals surface area contributed by atoms with Gasteiger partial charge in [-0.1, -0.05) is 269 Å². The standard InChI is InChI=1S/C63H119NO5/c1-3-5-7-9-11-13-15-17-19-21-23-24-27-31-35-39-43-47-51-55-61(66)60(59-65)64-62(67)56-52-48-44-40-36-32-28-26-30-34-38-42-46-50-54-58-69-63(68)57-53-49-45-41-37-33-29-25-22-20-18-16-14-12-10-8-6-4-2/h14,16,20,22,30,34,60-61,65-66H,3-13,15,17-19,21,23-29,31-33,35-59H2,1-2H3,(H,64,67)/b16-14-,22-20-,34-30-. The SMILES string of the molecule is CCCCCC/C=C\C/C=C\CCCCCCCCCC(=O)OCCCCCC/C=C\CCCCCCCCCC(=O)NC(CO)C(O)CCCCCCCCCCCCCCCCCCCCC. The fraction of sp³-hybridized carbons (Fsp3) is 0.873. The van der Waals surface area contributed by atoms with Crippen LogP contribution in [0, 0.1) is 0 Å². The Kier molecular flexibility index (Phi) is 57.0. The molecule has 0 fully saturated rings. The second-order valence-electron chi connectivity index (χ2n) is 21.0. The third-order valence-electron chi connectivity index (χ3n) is 14.2. The van der Waals surface area contributed by atoms with Crippen molar-refractivity contribution in [3.8, 4) is 0 Å². The molecular weight excluding hydrogens is 851 g/mol. The number of carbonyl (C=O) groups excluding carboxylic acids is 2. The summed E-state index contributed by atoms with van der Waals surface area (Å²) in [6, 6.07) is -0.554. The number of nitrogens with one attached hydrogen (secondary N) is 1. The molecule has 0 spiro atoms. The Labute approximate surface area is 430 Å². The summed E-state index contributed by atoms with van der Waals surface area (Å²) < 4.78 is 5.47. The van der Waals surface area contributed by atoms with Crippen LogP contribution in [-0.2, 0) is 14.3 Å². The number of aliphatic hydroxyl groups excluding tert-OH is 2. The van der Waals surface area contributed by atoms with E-state index < -0.39 is 12.1 Å². The van der Waals surface area contributed by atoms with E-state index in [0.29, 0.717) is 25.9 Å². The quantitative estimate of drug-likeness (QED) is 0.0321. The third kappa shape index (κ3) is 55.2. The summed E-state index contributed by atoms with van der Waals surface area (Å²) in [4.78, 5) is 24.6. The van der Waals surface area contributed by atoms with Crippen LogP contribution >= 0.6 is 0 Å². The highest BCUT2D eigenvalue weighted by atomic mass is 16.5. The topological polar surface area (TPSA) is 95.9 Å². The minimum absolute atomic E-state index is 0.0170. The normalized spacial score (nSPS) is 12.8. The molecule has 0 radical (unpaired) electrons. The number of hydrogen-bond acceptors (Lipinski definition) is 5. The summed E-state index contributed by atoms with van der Waals surface area (Å²) in [6.07, 6.45) is 72.8. The van der Waals surface area contributed by atoms with Crippen LogP contribution in [0.1, 0.15) is 328 Å². The monoisotopic (exact) mass is 970 g/mol. The fourth-order valence-electron chi connectivity index (χ4n) is 9.43. The van der Waals surface area contributed by atoms with E-state index in [4.69, 9.17) is 4.74 Å². The second kappa shape index (κ2) is 58.6. The van der Waals surface area contributed by atoms with Crippen molar-refractivity contribution in [2.24, 2.45) is 0 Å². The van der Waals surface area contributed by atoms with Gasteiger partial charge in [0.1, 0.15) is 0 Å². The number of unbranched alkanes of at least 4 members (excludes halogenated alkanes) is 40. The zero-order valence-corrected chi connectivity index (χ0v) is 46.3. The van der Waals surface area contributed by atoms with Crippen LogP contribution in [0.15, 0.2) is 36.5 Å². The largest absolute Gasteiger partial charge is 0.466 e. The number of allylic oxidation sites excluding steroid dienone is 6. The fourth-order valence-corrected chi connectivity index (χ4v) is 9.43. The number of esters is 1. The van der Waals surface area contributed by atoms with Crippen LogP contribution < -0.4 is 5.32 Å². The van der Waals surface area contributed by atoms with Crippen molar-refractivity contribution in [3.63, 3.8) is 0 Å². The maximum Gasteiger partial charge on any atom is 0.305 e. The molecule has 3 N–H and O–H groups in total. The summed E-state index contributed by atoms with van der Waals surface area (Å²) >= 11 is 0. The predicted molar refractivity (Wildman–Crippen MR) is 301 cm³/mol. The van der Waals surface area contributed by atoms with Crippen molar-refractivity contribution < 1.29 is 24.5 Å². The first-order valence-electron chi connectivity index (χ1n) is 30.7. The van der Waals surface area contributed by atoms with E-state index in [0.717, 1.165) is 77.0 Å². The minimum atomic E-state index is -0.676. The Morgan fingerprint density at radius 2 is 0.725 bits per heavy atom. The summed E-state index contributed by atoms with van der Waals surface area (Å²) in [6.45, 7) is 4.92. The van der Waals surface area contributed by atoms with Gasteiger partial charge in [-0.15, -0.1) is 0 Å². The van der Waals surface area contributed by atoms with Crippen LogP contribution in [0.3, 0.4) is 0 Å². The van der Waals surface area contributed by atoms with Gasteiger partial charge in [0.05, 0.1) is 25.4 Å². The van der Waals surface area contributed by atoms with Crippen molar-refractivity contribution in [1.82, 2.24) is 5.32 Å². The number of aliphatic hydroxyl groups is 2. The van der Waals surface area contributed by atoms with Gasteiger partial charge in [-0.25, -0.2) is 0 Å². The van der Waals surface area contributed by atoms with Gasteiger partial charge in [-0.3, -0.25) is 9.59 Å². The van der Waals surface area contributed by atoms with Crippen molar-refractivity contribution in [2.45, 2.75) is 341 Å². The number of carbonyl (C=O) groups is 2. The second-order valence-corrected chi connectivity index (χ2v) is 21.0. The van der Waals surface area contributed by atoms with Gasteiger partial charge in [0, 0.05) is 12.8 Å². The van der Waals surface area contributed by atoms with Crippen LogP contribution in [0.2, 0.25) is 0 Å². The first kappa shape index (κ1) is 67.1. The summed E-state index contributed by atoms with van der Waals surface area (Å²) in [5.74, 6) is -0.0654. The van der Waals surface area contributed by atoms with Crippen LogP contribution in [-0.4, -0.2) is 47.4 Å². The lowest BCUT2D eigenvalue weighted by molar-refractivity contribution is -0.143. The molecular formula is C63H119NO5. The van der Waals surface area contributed by atoms with E-state index in [1.165, 1.54) is 218 Å². The van der Waals surface area contributed by atoms with E-state index in [-0.39, 0.29) is 18.5 Å². The summed E-state index contributed by atoms with van der Waals surface area (Å²) in [5, 5.41) is 23.3. The first-order valence-corrected chi connectivity index (χ1v) is 30.7. The van der Waals surface area contributed by atoms with E-state index in [1.54, 1.807) is 0 Å². The van der Waals surface area contributed by atoms with Gasteiger partial charge in [0.25, 0.3) is 0 Å². The molecule has 1 amide bonds. The Morgan fingerprint density at radius 1 is 0.406 bits per heavy atom. The van der Waals surface area contributed by atoms with Crippen LogP contribution in [0.25, 0.3) is 0 Å². The maximum absolute atomic E-state index is 12.5. The molecule has 0 saturated carbocycles. The Morgan fingerprint density at radius 3 is 1.13 bits per heavy atom. The molecule has 2 atom stereocenters. The highest BCUT2D eigenvalue weighted by Gasteiger charge is 2.20. The minimum Gasteiger partial charge on any atom is -0.466 e. The Hall–Kier alpha value is -1.92. The average molecular weight is 971 g/mol. The number of rotatable bonds is 57. The zero-order valence-electron chi connectivity index (χ0n) is 46.3. The van der Waals surface area contributed by atoms with E-state index in [9.17, 15) is 19.8 Å². The van der Waals surface area contributed by atoms with Gasteiger partial charge in [0.2, 0.25) is 5.91 Å². The van der Waals surface area contributed by atoms with Gasteiger partial charge < -0.3 is 20.3 Å². The maximum atomic E-state index is 12.5. The molecule has 6 nitrogen and oxygen atoms in total. The lowest BCUT2D eigenvalue weighted by atomic mass is 10.0. The van der Waals surface area contributed by atoms with E-state index in [2.05, 4.69) is 55.6 Å². The molecule has 6 heteroatoms. The molecule has 0 aliphatic heterocycles. The molecule has 406 valence electrons. The smallest absolute Gasteiger partial charge is 0.305 e. The molecule has 0 rings (SSSR count). The van der Waals surface area contributed by atoms with Gasteiger partial charge in [-0.05, 0) is 83.5 Å². The molecule has 0 bridgehead atoms. The van der Waals surface area contributed by atoms with Crippen molar-refractivity contribution in [1.29, 1.82) is 0 Å². The molecule has 0 aromatic carbocycles. The molecule has 0 saturated heterocycles. The number of hydrogen-bond donors (Lipinski definition) is 3.